The fourth-order valence-electron chi connectivity index (χ4n) is 2.59. The quantitative estimate of drug-likeness (QED) is 0.712. The van der Waals surface area contributed by atoms with Gasteiger partial charge in [0.25, 0.3) is 5.91 Å². The lowest BCUT2D eigenvalue weighted by Gasteiger charge is -2.19. The van der Waals surface area contributed by atoms with Crippen molar-refractivity contribution in [1.29, 1.82) is 0 Å². The van der Waals surface area contributed by atoms with Crippen LogP contribution in [0.1, 0.15) is 18.0 Å². The summed E-state index contributed by atoms with van der Waals surface area (Å²) in [7, 11) is 0. The number of carbonyl (C=O) groups excluding carboxylic acids is 3. The summed E-state index contributed by atoms with van der Waals surface area (Å²) in [5.74, 6) is -0.311. The van der Waals surface area contributed by atoms with E-state index in [1.807, 2.05) is 6.07 Å². The zero-order chi connectivity index (χ0) is 14.1. The van der Waals surface area contributed by atoms with Crippen LogP contribution < -0.4 is 5.32 Å². The highest BCUT2D eigenvalue weighted by Gasteiger charge is 2.34. The van der Waals surface area contributed by atoms with E-state index in [9.17, 15) is 14.4 Å². The maximum Gasteiger partial charge on any atom is 0.325 e. The normalized spacial score (nSPS) is 22.5. The first-order valence-corrected chi connectivity index (χ1v) is 6.50. The lowest BCUT2D eigenvalue weighted by atomic mass is 10.1. The van der Waals surface area contributed by atoms with Gasteiger partial charge in [-0.05, 0) is 12.5 Å². The SMILES string of the molecule is O=C(CN1C(=O)CNC1=O)N1CC[C@H](c2ccn[nH]2)C1. The second kappa shape index (κ2) is 4.95. The molecule has 3 heterocycles. The predicted molar refractivity (Wildman–Crippen MR) is 67.6 cm³/mol. The second-order valence-electron chi connectivity index (χ2n) is 4.98. The van der Waals surface area contributed by atoms with Gasteiger partial charge in [0, 0.05) is 30.9 Å². The number of aromatic nitrogens is 2. The molecule has 3 rings (SSSR count). The molecule has 0 unspecified atom stereocenters. The topological polar surface area (TPSA) is 98.4 Å². The number of imide groups is 1. The Bertz CT molecular complexity index is 525. The molecule has 2 N–H and O–H groups in total. The van der Waals surface area contributed by atoms with Gasteiger partial charge in [-0.1, -0.05) is 0 Å². The number of H-pyrrole nitrogens is 1. The summed E-state index contributed by atoms with van der Waals surface area (Å²) in [4.78, 5) is 37.6. The smallest absolute Gasteiger partial charge is 0.325 e. The molecule has 2 fully saturated rings. The number of likely N-dealkylation sites (tertiary alicyclic amines) is 1. The van der Waals surface area contributed by atoms with Gasteiger partial charge >= 0.3 is 6.03 Å². The van der Waals surface area contributed by atoms with Crippen LogP contribution in [0.3, 0.4) is 0 Å². The first kappa shape index (κ1) is 12.6. The minimum Gasteiger partial charge on any atom is -0.340 e. The fraction of sp³-hybridized carbons (Fsp3) is 0.500. The Morgan fingerprint density at radius 2 is 2.30 bits per heavy atom. The summed E-state index contributed by atoms with van der Waals surface area (Å²) < 4.78 is 0. The molecule has 1 aromatic heterocycles. The summed E-state index contributed by atoms with van der Waals surface area (Å²) in [5.41, 5.74) is 1.01. The average Bonchev–Trinajstić information content (AvgIpc) is 3.14. The summed E-state index contributed by atoms with van der Waals surface area (Å²) in [6, 6.07) is 1.41. The molecule has 4 amide bonds. The number of nitrogens with one attached hydrogen (secondary N) is 2. The van der Waals surface area contributed by atoms with Crippen LogP contribution in [0.15, 0.2) is 12.3 Å². The van der Waals surface area contributed by atoms with Crippen molar-refractivity contribution in [2.24, 2.45) is 0 Å². The Kier molecular flexibility index (Phi) is 3.13. The van der Waals surface area contributed by atoms with Crippen LogP contribution >= 0.6 is 0 Å². The average molecular weight is 277 g/mol. The summed E-state index contributed by atoms with van der Waals surface area (Å²) in [5, 5.41) is 9.21. The van der Waals surface area contributed by atoms with Crippen molar-refractivity contribution in [3.63, 3.8) is 0 Å². The van der Waals surface area contributed by atoms with Crippen molar-refractivity contribution < 1.29 is 14.4 Å². The van der Waals surface area contributed by atoms with Crippen LogP contribution in [-0.4, -0.2) is 64.0 Å². The Labute approximate surface area is 115 Å². The van der Waals surface area contributed by atoms with Gasteiger partial charge in [0.05, 0.1) is 6.54 Å². The highest BCUT2D eigenvalue weighted by Crippen LogP contribution is 2.25. The summed E-state index contributed by atoms with van der Waals surface area (Å²) in [6.07, 6.45) is 2.54. The Hall–Kier alpha value is -2.38. The van der Waals surface area contributed by atoms with Gasteiger partial charge < -0.3 is 10.2 Å². The molecular formula is C12H15N5O3. The lowest BCUT2D eigenvalue weighted by molar-refractivity contribution is -0.135. The Balaban J connectivity index is 1.59. The Morgan fingerprint density at radius 3 is 2.95 bits per heavy atom. The summed E-state index contributed by atoms with van der Waals surface area (Å²) in [6.45, 7) is 1.01. The third kappa shape index (κ3) is 2.24. The van der Waals surface area contributed by atoms with E-state index in [0.717, 1.165) is 17.0 Å². The molecule has 2 saturated heterocycles. The lowest BCUT2D eigenvalue weighted by Crippen LogP contribution is -2.42. The molecule has 106 valence electrons. The minimum atomic E-state index is -0.493. The molecule has 0 aliphatic carbocycles. The molecule has 8 heteroatoms. The zero-order valence-electron chi connectivity index (χ0n) is 10.8. The minimum absolute atomic E-state index is 0.0249. The van der Waals surface area contributed by atoms with Crippen LogP contribution in [0.5, 0.6) is 0 Å². The molecule has 0 spiro atoms. The third-order valence-electron chi connectivity index (χ3n) is 3.73. The molecule has 0 bridgehead atoms. The van der Waals surface area contributed by atoms with Gasteiger partial charge in [0.1, 0.15) is 6.54 Å². The van der Waals surface area contributed by atoms with Gasteiger partial charge in [0.2, 0.25) is 5.91 Å². The van der Waals surface area contributed by atoms with E-state index < -0.39 is 6.03 Å². The fourth-order valence-corrected chi connectivity index (χ4v) is 2.59. The van der Waals surface area contributed by atoms with Crippen LogP contribution in [0.2, 0.25) is 0 Å². The van der Waals surface area contributed by atoms with Crippen molar-refractivity contribution in [3.8, 4) is 0 Å². The van der Waals surface area contributed by atoms with Crippen molar-refractivity contribution in [1.82, 2.24) is 25.3 Å². The van der Waals surface area contributed by atoms with Crippen LogP contribution in [0, 0.1) is 0 Å². The molecule has 1 atom stereocenters. The zero-order valence-corrected chi connectivity index (χ0v) is 10.8. The molecule has 0 aromatic carbocycles. The standard InChI is InChI=1S/C12H15N5O3/c18-10-5-13-12(20)17(10)7-11(19)16-4-2-8(6-16)9-1-3-14-15-9/h1,3,8H,2,4-7H2,(H,13,20)(H,14,15)/t8-/m0/s1. The van der Waals surface area contributed by atoms with E-state index in [4.69, 9.17) is 0 Å². The summed E-state index contributed by atoms with van der Waals surface area (Å²) >= 11 is 0. The number of hydrogen-bond donors (Lipinski definition) is 2. The van der Waals surface area contributed by atoms with E-state index in [0.29, 0.717) is 13.1 Å². The number of nitrogens with zero attached hydrogens (tertiary/aromatic N) is 3. The van der Waals surface area contributed by atoms with Crippen LogP contribution in [-0.2, 0) is 9.59 Å². The molecule has 2 aliphatic rings. The van der Waals surface area contributed by atoms with E-state index in [1.165, 1.54) is 0 Å². The largest absolute Gasteiger partial charge is 0.340 e. The molecule has 0 radical (unpaired) electrons. The van der Waals surface area contributed by atoms with E-state index >= 15 is 0 Å². The molecule has 20 heavy (non-hydrogen) atoms. The van der Waals surface area contributed by atoms with Crippen molar-refractivity contribution in [2.75, 3.05) is 26.2 Å². The van der Waals surface area contributed by atoms with Crippen molar-refractivity contribution in [2.45, 2.75) is 12.3 Å². The van der Waals surface area contributed by atoms with E-state index in [2.05, 4.69) is 15.5 Å². The highest BCUT2D eigenvalue weighted by atomic mass is 16.2. The molecule has 8 nitrogen and oxygen atoms in total. The second-order valence-corrected chi connectivity index (χ2v) is 4.98. The first-order chi connectivity index (χ1) is 9.65. The van der Waals surface area contributed by atoms with Crippen LogP contribution in [0.25, 0.3) is 0 Å². The number of urea groups is 1. The highest BCUT2D eigenvalue weighted by molar-refractivity contribution is 6.04. The number of hydrogen-bond acceptors (Lipinski definition) is 4. The number of amides is 4. The number of rotatable bonds is 3. The van der Waals surface area contributed by atoms with E-state index in [1.54, 1.807) is 11.1 Å². The van der Waals surface area contributed by atoms with E-state index in [-0.39, 0.29) is 30.8 Å². The monoisotopic (exact) mass is 277 g/mol. The Morgan fingerprint density at radius 1 is 1.45 bits per heavy atom. The first-order valence-electron chi connectivity index (χ1n) is 6.50. The van der Waals surface area contributed by atoms with Crippen LogP contribution in [0.4, 0.5) is 4.79 Å². The number of carbonyl (C=O) groups is 3. The number of aromatic amines is 1. The molecule has 0 saturated carbocycles. The molecular weight excluding hydrogens is 262 g/mol. The van der Waals surface area contributed by atoms with Gasteiger partial charge in [-0.25, -0.2) is 4.79 Å². The van der Waals surface area contributed by atoms with Gasteiger partial charge in [-0.2, -0.15) is 5.10 Å². The third-order valence-corrected chi connectivity index (χ3v) is 3.73. The van der Waals surface area contributed by atoms with Crippen molar-refractivity contribution in [3.05, 3.63) is 18.0 Å². The van der Waals surface area contributed by atoms with Gasteiger partial charge in [-0.3, -0.25) is 19.6 Å². The molecule has 1 aromatic rings. The van der Waals surface area contributed by atoms with Gasteiger partial charge in [-0.15, -0.1) is 0 Å². The maximum absolute atomic E-state index is 12.1. The predicted octanol–water partition coefficient (Wildman–Crippen LogP) is -0.723. The maximum atomic E-state index is 12.1. The van der Waals surface area contributed by atoms with Gasteiger partial charge in [0.15, 0.2) is 0 Å². The van der Waals surface area contributed by atoms with Crippen molar-refractivity contribution >= 4 is 17.8 Å². The molecule has 2 aliphatic heterocycles.